The molecule has 5 heteroatoms. The van der Waals surface area contributed by atoms with Crippen LogP contribution in [0, 0.1) is 5.92 Å². The molecule has 0 amide bonds. The fourth-order valence-corrected chi connectivity index (χ4v) is 2.37. The Balaban J connectivity index is 1.68. The minimum absolute atomic E-state index is 0.164. The molecule has 1 fully saturated rings. The summed E-state index contributed by atoms with van der Waals surface area (Å²) in [5, 5.41) is 3.40. The zero-order valence-electron chi connectivity index (χ0n) is 10.2. The molecule has 2 heterocycles. The average molecular weight is 247 g/mol. The third-order valence-corrected chi connectivity index (χ3v) is 3.37. The van der Waals surface area contributed by atoms with Crippen molar-refractivity contribution in [3.05, 3.63) is 28.7 Å². The summed E-state index contributed by atoms with van der Waals surface area (Å²) in [7, 11) is 0. The molecule has 2 aromatic rings. The lowest BCUT2D eigenvalue weighted by atomic mass is 10.0. The van der Waals surface area contributed by atoms with Crippen molar-refractivity contribution in [2.45, 2.75) is 12.8 Å². The number of hydrogen-bond donors (Lipinski definition) is 3. The van der Waals surface area contributed by atoms with Crippen LogP contribution in [0.5, 0.6) is 0 Å². The maximum atomic E-state index is 11.2. The standard InChI is InChI=1S/C13H17N3O2/c17-13-15-11-4-3-10(6-12(11)16-13)14-7-9-2-1-5-18-8-9/h3-4,6,9,14H,1-2,5,7-8H2,(H2,15,16,17). The SMILES string of the molecule is O=c1[nH]c2ccc(NCC3CCCOC3)cc2[nH]1. The molecule has 1 saturated heterocycles. The van der Waals surface area contributed by atoms with E-state index < -0.39 is 0 Å². The molecule has 1 aromatic carbocycles. The lowest BCUT2D eigenvalue weighted by Gasteiger charge is -2.22. The maximum absolute atomic E-state index is 11.2. The Morgan fingerprint density at radius 3 is 3.06 bits per heavy atom. The van der Waals surface area contributed by atoms with Crippen LogP contribution in [0.15, 0.2) is 23.0 Å². The maximum Gasteiger partial charge on any atom is 0.323 e. The molecular weight excluding hydrogens is 230 g/mol. The zero-order chi connectivity index (χ0) is 12.4. The second-order valence-corrected chi connectivity index (χ2v) is 4.80. The van der Waals surface area contributed by atoms with Crippen LogP contribution in [0.2, 0.25) is 0 Å². The van der Waals surface area contributed by atoms with E-state index in [1.165, 1.54) is 6.42 Å². The number of imidazole rings is 1. The van der Waals surface area contributed by atoms with Crippen LogP contribution in [0.3, 0.4) is 0 Å². The van der Waals surface area contributed by atoms with E-state index in [9.17, 15) is 4.79 Å². The Morgan fingerprint density at radius 2 is 2.22 bits per heavy atom. The van der Waals surface area contributed by atoms with Gasteiger partial charge in [-0.1, -0.05) is 0 Å². The molecule has 1 unspecified atom stereocenters. The van der Waals surface area contributed by atoms with Gasteiger partial charge in [0.25, 0.3) is 0 Å². The summed E-state index contributed by atoms with van der Waals surface area (Å²) in [6.45, 7) is 2.66. The van der Waals surface area contributed by atoms with Gasteiger partial charge in [0.2, 0.25) is 0 Å². The van der Waals surface area contributed by atoms with Gasteiger partial charge in [0, 0.05) is 18.8 Å². The number of aromatic nitrogens is 2. The third-order valence-electron chi connectivity index (χ3n) is 3.37. The van der Waals surface area contributed by atoms with Crippen molar-refractivity contribution >= 4 is 16.7 Å². The van der Waals surface area contributed by atoms with Crippen LogP contribution in [-0.2, 0) is 4.74 Å². The Labute approximate surface area is 105 Å². The van der Waals surface area contributed by atoms with Crippen LogP contribution >= 0.6 is 0 Å². The molecule has 3 rings (SSSR count). The molecule has 96 valence electrons. The fraction of sp³-hybridized carbons (Fsp3) is 0.462. The normalized spacial score (nSPS) is 20.1. The van der Waals surface area contributed by atoms with Gasteiger partial charge in [0.15, 0.2) is 0 Å². The molecule has 0 aliphatic carbocycles. The predicted octanol–water partition coefficient (Wildman–Crippen LogP) is 1.69. The molecule has 0 bridgehead atoms. The quantitative estimate of drug-likeness (QED) is 0.773. The second kappa shape index (κ2) is 4.86. The van der Waals surface area contributed by atoms with Crippen LogP contribution in [0.4, 0.5) is 5.69 Å². The highest BCUT2D eigenvalue weighted by atomic mass is 16.5. The van der Waals surface area contributed by atoms with Gasteiger partial charge < -0.3 is 20.0 Å². The summed E-state index contributed by atoms with van der Waals surface area (Å²) in [6.07, 6.45) is 2.37. The molecule has 0 radical (unpaired) electrons. The number of ether oxygens (including phenoxy) is 1. The topological polar surface area (TPSA) is 69.9 Å². The van der Waals surface area contributed by atoms with E-state index in [0.717, 1.165) is 42.9 Å². The molecule has 18 heavy (non-hydrogen) atoms. The van der Waals surface area contributed by atoms with E-state index in [2.05, 4.69) is 15.3 Å². The largest absolute Gasteiger partial charge is 0.385 e. The van der Waals surface area contributed by atoms with E-state index in [0.29, 0.717) is 5.92 Å². The van der Waals surface area contributed by atoms with Crippen molar-refractivity contribution in [2.24, 2.45) is 5.92 Å². The molecule has 3 N–H and O–H groups in total. The lowest BCUT2D eigenvalue weighted by Crippen LogP contribution is -2.24. The lowest BCUT2D eigenvalue weighted by molar-refractivity contribution is 0.0595. The summed E-state index contributed by atoms with van der Waals surface area (Å²) in [5.41, 5.74) is 2.54. The highest BCUT2D eigenvalue weighted by molar-refractivity contribution is 5.78. The number of rotatable bonds is 3. The molecular formula is C13H17N3O2. The number of nitrogens with one attached hydrogen (secondary N) is 3. The minimum Gasteiger partial charge on any atom is -0.385 e. The monoisotopic (exact) mass is 247 g/mol. The van der Waals surface area contributed by atoms with Crippen molar-refractivity contribution in [3.8, 4) is 0 Å². The predicted molar refractivity (Wildman–Crippen MR) is 71.0 cm³/mol. The summed E-state index contributed by atoms with van der Waals surface area (Å²) < 4.78 is 5.45. The summed E-state index contributed by atoms with van der Waals surface area (Å²) in [6, 6.07) is 5.85. The number of aromatic amines is 2. The Bertz CT molecular complexity index is 581. The van der Waals surface area contributed by atoms with Gasteiger partial charge in [-0.15, -0.1) is 0 Å². The molecule has 5 nitrogen and oxygen atoms in total. The van der Waals surface area contributed by atoms with Crippen LogP contribution in [0.25, 0.3) is 11.0 Å². The van der Waals surface area contributed by atoms with E-state index in [1.54, 1.807) is 0 Å². The van der Waals surface area contributed by atoms with Crippen molar-refractivity contribution in [1.82, 2.24) is 9.97 Å². The number of hydrogen-bond acceptors (Lipinski definition) is 3. The Hall–Kier alpha value is -1.75. The van der Waals surface area contributed by atoms with Crippen LogP contribution in [0.1, 0.15) is 12.8 Å². The number of fused-ring (bicyclic) bond motifs is 1. The molecule has 1 aliphatic rings. The van der Waals surface area contributed by atoms with Gasteiger partial charge in [-0.25, -0.2) is 4.79 Å². The second-order valence-electron chi connectivity index (χ2n) is 4.80. The number of anilines is 1. The van der Waals surface area contributed by atoms with E-state index in [-0.39, 0.29) is 5.69 Å². The molecule has 1 aliphatic heterocycles. The highest BCUT2D eigenvalue weighted by Gasteiger charge is 2.13. The summed E-state index contributed by atoms with van der Waals surface area (Å²) in [4.78, 5) is 16.7. The smallest absolute Gasteiger partial charge is 0.323 e. The first-order chi connectivity index (χ1) is 8.81. The minimum atomic E-state index is -0.164. The van der Waals surface area contributed by atoms with Gasteiger partial charge >= 0.3 is 5.69 Å². The summed E-state index contributed by atoms with van der Waals surface area (Å²) in [5.74, 6) is 0.583. The number of benzene rings is 1. The van der Waals surface area contributed by atoms with Gasteiger partial charge in [-0.05, 0) is 37.0 Å². The highest BCUT2D eigenvalue weighted by Crippen LogP contribution is 2.17. The average Bonchev–Trinajstić information content (AvgIpc) is 2.77. The fourth-order valence-electron chi connectivity index (χ4n) is 2.37. The Kier molecular flexibility index (Phi) is 3.06. The van der Waals surface area contributed by atoms with E-state index >= 15 is 0 Å². The van der Waals surface area contributed by atoms with Crippen molar-refractivity contribution in [2.75, 3.05) is 25.1 Å². The van der Waals surface area contributed by atoms with Crippen LogP contribution < -0.4 is 11.0 Å². The van der Waals surface area contributed by atoms with Crippen molar-refractivity contribution < 1.29 is 4.74 Å². The first-order valence-corrected chi connectivity index (χ1v) is 6.35. The summed E-state index contributed by atoms with van der Waals surface area (Å²) >= 11 is 0. The zero-order valence-corrected chi connectivity index (χ0v) is 10.2. The van der Waals surface area contributed by atoms with Gasteiger partial charge in [0.05, 0.1) is 17.6 Å². The van der Waals surface area contributed by atoms with Crippen molar-refractivity contribution in [3.63, 3.8) is 0 Å². The van der Waals surface area contributed by atoms with Gasteiger partial charge in [-0.3, -0.25) is 0 Å². The third kappa shape index (κ3) is 2.41. The first-order valence-electron chi connectivity index (χ1n) is 6.35. The number of H-pyrrole nitrogens is 2. The van der Waals surface area contributed by atoms with E-state index in [1.807, 2.05) is 18.2 Å². The molecule has 1 atom stereocenters. The van der Waals surface area contributed by atoms with Crippen LogP contribution in [-0.4, -0.2) is 29.7 Å². The molecule has 0 saturated carbocycles. The van der Waals surface area contributed by atoms with Gasteiger partial charge in [-0.2, -0.15) is 0 Å². The van der Waals surface area contributed by atoms with E-state index in [4.69, 9.17) is 4.74 Å². The molecule has 0 spiro atoms. The van der Waals surface area contributed by atoms with Crippen molar-refractivity contribution in [1.29, 1.82) is 0 Å². The first kappa shape index (κ1) is 11.3. The van der Waals surface area contributed by atoms with Gasteiger partial charge in [0.1, 0.15) is 0 Å². The Morgan fingerprint density at radius 1 is 1.33 bits per heavy atom. The molecule has 1 aromatic heterocycles.